The number of fused-ring (bicyclic) bond motifs is 2. The quantitative estimate of drug-likeness (QED) is 0.582. The van der Waals surface area contributed by atoms with Crippen LogP contribution in [-0.2, 0) is 0 Å². The van der Waals surface area contributed by atoms with Gasteiger partial charge in [-0.1, -0.05) is 6.07 Å². The van der Waals surface area contributed by atoms with E-state index in [1.165, 1.54) is 0 Å². The fourth-order valence-electron chi connectivity index (χ4n) is 2.97. The van der Waals surface area contributed by atoms with Gasteiger partial charge in [0.25, 0.3) is 0 Å². The largest absolute Gasteiger partial charge is 0.478 e. The highest BCUT2D eigenvalue weighted by Gasteiger charge is 2.18. The maximum Gasteiger partial charge on any atom is 0.335 e. The molecule has 0 atom stereocenters. The summed E-state index contributed by atoms with van der Waals surface area (Å²) in [4.78, 5) is 31.6. The molecule has 0 fully saturated rings. The van der Waals surface area contributed by atoms with Gasteiger partial charge in [0, 0.05) is 31.0 Å². The topological polar surface area (TPSA) is 92.1 Å². The normalized spacial score (nSPS) is 11.3. The molecule has 0 radical (unpaired) electrons. The first-order valence-corrected chi connectivity index (χ1v) is 8.93. The smallest absolute Gasteiger partial charge is 0.335 e. The molecule has 0 aliphatic carbocycles. The van der Waals surface area contributed by atoms with Crippen LogP contribution in [-0.4, -0.2) is 44.1 Å². The minimum atomic E-state index is -0.986. The Balaban J connectivity index is 1.97. The monoisotopic (exact) mass is 373 g/mol. The number of anilines is 1. The van der Waals surface area contributed by atoms with E-state index in [0.29, 0.717) is 16.9 Å². The first-order chi connectivity index (χ1) is 13.4. The number of carbonyl (C=O) groups is 1. The van der Waals surface area contributed by atoms with Crippen molar-refractivity contribution in [3.8, 4) is 11.3 Å². The third kappa shape index (κ3) is 3.11. The van der Waals surface area contributed by atoms with Crippen molar-refractivity contribution in [2.75, 3.05) is 11.9 Å². The maximum atomic E-state index is 11.3. The molecule has 4 rings (SSSR count). The summed E-state index contributed by atoms with van der Waals surface area (Å²) in [5, 5.41) is 9.27. The zero-order chi connectivity index (χ0) is 19.8. The van der Waals surface area contributed by atoms with E-state index in [4.69, 9.17) is 9.97 Å². The highest BCUT2D eigenvalue weighted by Crippen LogP contribution is 2.31. The first-order valence-electron chi connectivity index (χ1n) is 8.93. The summed E-state index contributed by atoms with van der Waals surface area (Å²) in [6, 6.07) is 10.8. The van der Waals surface area contributed by atoms with Crippen molar-refractivity contribution in [3.05, 3.63) is 54.4 Å². The van der Waals surface area contributed by atoms with Gasteiger partial charge in [-0.3, -0.25) is 9.97 Å². The lowest BCUT2D eigenvalue weighted by molar-refractivity contribution is 0.0697. The number of carboxylic acids is 1. The molecule has 0 bridgehead atoms. The van der Waals surface area contributed by atoms with Gasteiger partial charge < -0.3 is 10.0 Å². The second-order valence-electron chi connectivity index (χ2n) is 6.87. The SMILES string of the molecule is CC(C)N(C)c1nc2cc(C(=O)O)ccc2nc1-c1ccc2nccnc2c1. The number of carboxylic acid groups (broad SMARTS) is 1. The van der Waals surface area contributed by atoms with E-state index in [1.54, 1.807) is 30.6 Å². The Kier molecular flexibility index (Phi) is 4.35. The zero-order valence-electron chi connectivity index (χ0n) is 15.8. The van der Waals surface area contributed by atoms with E-state index in [1.807, 2.05) is 30.1 Å². The van der Waals surface area contributed by atoms with Crippen LogP contribution in [0.3, 0.4) is 0 Å². The van der Waals surface area contributed by atoms with E-state index >= 15 is 0 Å². The van der Waals surface area contributed by atoms with Gasteiger partial charge >= 0.3 is 5.97 Å². The Morgan fingerprint density at radius 2 is 1.64 bits per heavy atom. The van der Waals surface area contributed by atoms with Crippen LogP contribution >= 0.6 is 0 Å². The molecule has 4 aromatic rings. The molecule has 0 aliphatic rings. The zero-order valence-corrected chi connectivity index (χ0v) is 15.8. The number of aromatic nitrogens is 4. The Labute approximate surface area is 161 Å². The van der Waals surface area contributed by atoms with Crippen molar-refractivity contribution in [1.29, 1.82) is 0 Å². The van der Waals surface area contributed by atoms with Crippen molar-refractivity contribution < 1.29 is 9.90 Å². The fraction of sp³-hybridized carbons (Fsp3) is 0.190. The van der Waals surface area contributed by atoms with Gasteiger partial charge in [0.2, 0.25) is 0 Å². The van der Waals surface area contributed by atoms with Crippen LogP contribution in [0.25, 0.3) is 33.3 Å². The molecule has 0 saturated carbocycles. The molecule has 2 heterocycles. The van der Waals surface area contributed by atoms with Crippen LogP contribution in [0.4, 0.5) is 5.82 Å². The van der Waals surface area contributed by atoms with Gasteiger partial charge in [-0.25, -0.2) is 14.8 Å². The third-order valence-corrected chi connectivity index (χ3v) is 4.74. The summed E-state index contributed by atoms with van der Waals surface area (Å²) in [5.74, 6) is -0.298. The van der Waals surface area contributed by atoms with E-state index < -0.39 is 5.97 Å². The lowest BCUT2D eigenvalue weighted by Crippen LogP contribution is -2.27. The highest BCUT2D eigenvalue weighted by molar-refractivity contribution is 5.94. The summed E-state index contributed by atoms with van der Waals surface area (Å²) in [6.45, 7) is 4.13. The van der Waals surface area contributed by atoms with Crippen molar-refractivity contribution in [1.82, 2.24) is 19.9 Å². The van der Waals surface area contributed by atoms with E-state index in [2.05, 4.69) is 23.8 Å². The maximum absolute atomic E-state index is 11.3. The molecule has 2 aromatic heterocycles. The first kappa shape index (κ1) is 17.8. The van der Waals surface area contributed by atoms with Crippen LogP contribution in [0.1, 0.15) is 24.2 Å². The number of benzene rings is 2. The van der Waals surface area contributed by atoms with Gasteiger partial charge in [-0.15, -0.1) is 0 Å². The van der Waals surface area contributed by atoms with Crippen LogP contribution in [0.15, 0.2) is 48.8 Å². The van der Waals surface area contributed by atoms with Gasteiger partial charge in [-0.05, 0) is 44.2 Å². The number of rotatable bonds is 4. The van der Waals surface area contributed by atoms with E-state index in [9.17, 15) is 9.90 Å². The van der Waals surface area contributed by atoms with Crippen LogP contribution in [0.5, 0.6) is 0 Å². The molecule has 1 N–H and O–H groups in total. The molecule has 0 unspecified atom stereocenters. The molecule has 7 nitrogen and oxygen atoms in total. The van der Waals surface area contributed by atoms with Crippen LogP contribution < -0.4 is 4.90 Å². The minimum Gasteiger partial charge on any atom is -0.478 e. The number of nitrogens with zero attached hydrogens (tertiary/aromatic N) is 5. The number of hydrogen-bond donors (Lipinski definition) is 1. The minimum absolute atomic E-state index is 0.188. The molecule has 28 heavy (non-hydrogen) atoms. The average molecular weight is 373 g/mol. The third-order valence-electron chi connectivity index (χ3n) is 4.74. The molecule has 2 aromatic carbocycles. The van der Waals surface area contributed by atoms with Crippen LogP contribution in [0.2, 0.25) is 0 Å². The standard InChI is InChI=1S/C21H19N5O2/c1-12(2)26(3)20-19(13-4-6-15-17(10-13)23-9-8-22-15)24-16-7-5-14(21(27)28)11-18(16)25-20/h4-12H,1-3H3,(H,27,28). The van der Waals surface area contributed by atoms with Gasteiger partial charge in [0.15, 0.2) is 5.82 Å². The predicted octanol–water partition coefficient (Wildman–Crippen LogP) is 3.78. The second kappa shape index (κ2) is 6.84. The predicted molar refractivity (Wildman–Crippen MR) is 109 cm³/mol. The average Bonchev–Trinajstić information content (AvgIpc) is 2.71. The Morgan fingerprint density at radius 3 is 2.36 bits per heavy atom. The van der Waals surface area contributed by atoms with Crippen molar-refractivity contribution >= 4 is 33.9 Å². The summed E-state index contributed by atoms with van der Waals surface area (Å²) in [6.07, 6.45) is 3.32. The summed E-state index contributed by atoms with van der Waals surface area (Å²) in [7, 11) is 1.95. The summed E-state index contributed by atoms with van der Waals surface area (Å²) < 4.78 is 0. The summed E-state index contributed by atoms with van der Waals surface area (Å²) in [5.41, 5.74) is 4.57. The van der Waals surface area contributed by atoms with E-state index in [0.717, 1.165) is 22.3 Å². The highest BCUT2D eigenvalue weighted by atomic mass is 16.4. The molecule has 7 heteroatoms. The molecule has 0 amide bonds. The van der Waals surface area contributed by atoms with Crippen LogP contribution in [0, 0.1) is 0 Å². The Hall–Kier alpha value is -3.61. The van der Waals surface area contributed by atoms with Crippen molar-refractivity contribution in [2.24, 2.45) is 0 Å². The fourth-order valence-corrected chi connectivity index (χ4v) is 2.97. The molecule has 0 spiro atoms. The summed E-state index contributed by atoms with van der Waals surface area (Å²) >= 11 is 0. The lowest BCUT2D eigenvalue weighted by atomic mass is 10.1. The second-order valence-corrected chi connectivity index (χ2v) is 6.87. The van der Waals surface area contributed by atoms with Crippen molar-refractivity contribution in [2.45, 2.75) is 19.9 Å². The number of aromatic carboxylic acids is 1. The molecule has 140 valence electrons. The molecule has 0 aliphatic heterocycles. The van der Waals surface area contributed by atoms with Gasteiger partial charge in [0.1, 0.15) is 5.69 Å². The lowest BCUT2D eigenvalue weighted by Gasteiger charge is -2.25. The van der Waals surface area contributed by atoms with Gasteiger partial charge in [0.05, 0.1) is 27.6 Å². The molecular formula is C21H19N5O2. The Bertz CT molecular complexity index is 1210. The molecular weight excluding hydrogens is 354 g/mol. The van der Waals surface area contributed by atoms with Crippen molar-refractivity contribution in [3.63, 3.8) is 0 Å². The molecule has 0 saturated heterocycles. The Morgan fingerprint density at radius 1 is 0.929 bits per heavy atom. The van der Waals surface area contributed by atoms with Gasteiger partial charge in [-0.2, -0.15) is 0 Å². The number of hydrogen-bond acceptors (Lipinski definition) is 6. The van der Waals surface area contributed by atoms with E-state index in [-0.39, 0.29) is 11.6 Å².